The van der Waals surface area contributed by atoms with Gasteiger partial charge in [0.2, 0.25) is 0 Å². The molecule has 0 aromatic heterocycles. The van der Waals surface area contributed by atoms with Crippen LogP contribution in [-0.2, 0) is 4.74 Å². The van der Waals surface area contributed by atoms with Gasteiger partial charge >= 0.3 is 0 Å². The summed E-state index contributed by atoms with van der Waals surface area (Å²) < 4.78 is 31.2. The van der Waals surface area contributed by atoms with E-state index in [0.29, 0.717) is 12.2 Å². The number of allylic oxidation sites excluding steroid dienone is 1. The van der Waals surface area contributed by atoms with E-state index in [1.807, 2.05) is 6.08 Å². The van der Waals surface area contributed by atoms with Gasteiger partial charge in [0.15, 0.2) is 0 Å². The van der Waals surface area contributed by atoms with Crippen LogP contribution in [0.3, 0.4) is 0 Å². The summed E-state index contributed by atoms with van der Waals surface area (Å²) in [6.07, 6.45) is 5.55. The Bertz CT molecular complexity index is 393. The summed E-state index contributed by atoms with van der Waals surface area (Å²) in [7, 11) is 0. The van der Waals surface area contributed by atoms with Crippen molar-refractivity contribution in [1.29, 1.82) is 0 Å². The van der Waals surface area contributed by atoms with Gasteiger partial charge in [-0.05, 0) is 31.1 Å². The fourth-order valence-electron chi connectivity index (χ4n) is 1.59. The van der Waals surface area contributed by atoms with Crippen LogP contribution in [0, 0.1) is 11.6 Å². The maximum Gasteiger partial charge on any atom is 0.149 e. The molecule has 16 heavy (non-hydrogen) atoms. The SMILES string of the molecule is Fc1ccc(NCC2CCC=CO2)c(F)c1. The number of benzene rings is 1. The van der Waals surface area contributed by atoms with Gasteiger partial charge in [0.1, 0.15) is 17.7 Å². The first-order valence-corrected chi connectivity index (χ1v) is 5.25. The predicted octanol–water partition coefficient (Wildman–Crippen LogP) is 3.07. The van der Waals surface area contributed by atoms with Crippen LogP contribution < -0.4 is 5.32 Å². The van der Waals surface area contributed by atoms with E-state index in [9.17, 15) is 8.78 Å². The standard InChI is InChI=1S/C12H13F2NO/c13-9-4-5-12(11(14)7-9)15-8-10-3-1-2-6-16-10/h2,4-7,10,15H,1,3,8H2. The minimum atomic E-state index is -0.577. The number of hydrogen-bond acceptors (Lipinski definition) is 2. The molecule has 1 aliphatic heterocycles. The lowest BCUT2D eigenvalue weighted by atomic mass is 10.1. The van der Waals surface area contributed by atoms with Crippen molar-refractivity contribution < 1.29 is 13.5 Å². The summed E-state index contributed by atoms with van der Waals surface area (Å²) in [6.45, 7) is 0.521. The maximum absolute atomic E-state index is 13.2. The van der Waals surface area contributed by atoms with E-state index in [0.717, 1.165) is 18.9 Å². The van der Waals surface area contributed by atoms with Gasteiger partial charge in [0.05, 0.1) is 18.5 Å². The van der Waals surface area contributed by atoms with Crippen molar-refractivity contribution in [3.8, 4) is 0 Å². The van der Waals surface area contributed by atoms with E-state index in [2.05, 4.69) is 5.32 Å². The first-order chi connectivity index (χ1) is 7.75. The molecule has 0 radical (unpaired) electrons. The Labute approximate surface area is 92.9 Å². The Balaban J connectivity index is 1.91. The smallest absolute Gasteiger partial charge is 0.149 e. The first kappa shape index (κ1) is 10.9. The third-order valence-corrected chi connectivity index (χ3v) is 2.47. The fourth-order valence-corrected chi connectivity index (χ4v) is 1.59. The van der Waals surface area contributed by atoms with Crippen molar-refractivity contribution in [3.63, 3.8) is 0 Å². The molecule has 2 nitrogen and oxygen atoms in total. The average molecular weight is 225 g/mol. The molecule has 0 bridgehead atoms. The Kier molecular flexibility index (Phi) is 3.39. The molecule has 1 atom stereocenters. The lowest BCUT2D eigenvalue weighted by Gasteiger charge is -2.20. The molecule has 1 unspecified atom stereocenters. The number of halogens is 2. The molecule has 1 N–H and O–H groups in total. The van der Waals surface area contributed by atoms with Crippen molar-refractivity contribution in [2.45, 2.75) is 18.9 Å². The quantitative estimate of drug-likeness (QED) is 0.853. The number of ether oxygens (including phenoxy) is 1. The molecular formula is C12H13F2NO. The third-order valence-electron chi connectivity index (χ3n) is 2.47. The third kappa shape index (κ3) is 2.72. The van der Waals surface area contributed by atoms with Crippen molar-refractivity contribution in [3.05, 3.63) is 42.2 Å². The molecule has 86 valence electrons. The summed E-state index contributed by atoms with van der Waals surface area (Å²) in [5.74, 6) is -1.15. The van der Waals surface area contributed by atoms with Crippen molar-refractivity contribution in [2.75, 3.05) is 11.9 Å². The second-order valence-corrected chi connectivity index (χ2v) is 3.71. The van der Waals surface area contributed by atoms with Crippen LogP contribution in [-0.4, -0.2) is 12.6 Å². The van der Waals surface area contributed by atoms with E-state index in [1.54, 1.807) is 6.26 Å². The molecule has 0 spiro atoms. The van der Waals surface area contributed by atoms with Gasteiger partial charge in [0.25, 0.3) is 0 Å². The van der Waals surface area contributed by atoms with Crippen LogP contribution in [0.4, 0.5) is 14.5 Å². The number of anilines is 1. The molecule has 0 fully saturated rings. The van der Waals surface area contributed by atoms with Gasteiger partial charge in [-0.1, -0.05) is 0 Å². The second-order valence-electron chi connectivity index (χ2n) is 3.71. The summed E-state index contributed by atoms with van der Waals surface area (Å²) in [5.41, 5.74) is 0.305. The molecule has 0 aliphatic carbocycles. The van der Waals surface area contributed by atoms with Crippen LogP contribution in [0.25, 0.3) is 0 Å². The molecule has 1 aromatic rings. The van der Waals surface area contributed by atoms with Crippen LogP contribution in [0.5, 0.6) is 0 Å². The van der Waals surface area contributed by atoms with E-state index in [-0.39, 0.29) is 6.10 Å². The highest BCUT2D eigenvalue weighted by Gasteiger charge is 2.11. The van der Waals surface area contributed by atoms with Crippen LogP contribution in [0.15, 0.2) is 30.5 Å². The van der Waals surface area contributed by atoms with Crippen LogP contribution in [0.1, 0.15) is 12.8 Å². The zero-order valence-electron chi connectivity index (χ0n) is 8.75. The zero-order valence-corrected chi connectivity index (χ0v) is 8.75. The molecule has 0 saturated heterocycles. The summed E-state index contributed by atoms with van der Waals surface area (Å²) in [6, 6.07) is 3.49. The van der Waals surface area contributed by atoms with E-state index in [4.69, 9.17) is 4.74 Å². The van der Waals surface area contributed by atoms with Crippen LogP contribution in [0.2, 0.25) is 0 Å². The van der Waals surface area contributed by atoms with Gasteiger partial charge in [-0.25, -0.2) is 8.78 Å². The number of nitrogens with one attached hydrogen (secondary N) is 1. The summed E-state index contributed by atoms with van der Waals surface area (Å²) >= 11 is 0. The molecule has 1 heterocycles. The summed E-state index contributed by atoms with van der Waals surface area (Å²) in [5, 5.41) is 2.91. The molecule has 1 aliphatic rings. The minimum Gasteiger partial charge on any atom is -0.497 e. The summed E-state index contributed by atoms with van der Waals surface area (Å²) in [4.78, 5) is 0. The van der Waals surface area contributed by atoms with E-state index in [1.165, 1.54) is 12.1 Å². The molecule has 4 heteroatoms. The monoisotopic (exact) mass is 225 g/mol. The Morgan fingerprint density at radius 1 is 1.38 bits per heavy atom. The molecular weight excluding hydrogens is 212 g/mol. The largest absolute Gasteiger partial charge is 0.497 e. The maximum atomic E-state index is 13.2. The highest BCUT2D eigenvalue weighted by atomic mass is 19.1. The molecule has 1 aromatic carbocycles. The van der Waals surface area contributed by atoms with Gasteiger partial charge in [-0.15, -0.1) is 0 Å². The lowest BCUT2D eigenvalue weighted by Crippen LogP contribution is -2.23. The highest BCUT2D eigenvalue weighted by Crippen LogP contribution is 2.16. The molecule has 2 rings (SSSR count). The zero-order chi connectivity index (χ0) is 11.4. The Hall–Kier alpha value is -1.58. The van der Waals surface area contributed by atoms with Gasteiger partial charge in [0, 0.05) is 6.07 Å². The van der Waals surface area contributed by atoms with Gasteiger partial charge in [-0.2, -0.15) is 0 Å². The van der Waals surface area contributed by atoms with Gasteiger partial charge in [-0.3, -0.25) is 0 Å². The minimum absolute atomic E-state index is 0.0504. The van der Waals surface area contributed by atoms with E-state index < -0.39 is 11.6 Å². The molecule has 0 saturated carbocycles. The van der Waals surface area contributed by atoms with E-state index >= 15 is 0 Å². The van der Waals surface area contributed by atoms with Crippen molar-refractivity contribution >= 4 is 5.69 Å². The average Bonchev–Trinajstić information content (AvgIpc) is 2.29. The highest BCUT2D eigenvalue weighted by molar-refractivity contribution is 5.44. The lowest BCUT2D eigenvalue weighted by molar-refractivity contribution is 0.135. The molecule has 0 amide bonds. The topological polar surface area (TPSA) is 21.3 Å². The number of rotatable bonds is 3. The van der Waals surface area contributed by atoms with Gasteiger partial charge < -0.3 is 10.1 Å². The normalized spacial score (nSPS) is 19.2. The Morgan fingerprint density at radius 3 is 2.94 bits per heavy atom. The number of hydrogen-bond donors (Lipinski definition) is 1. The Morgan fingerprint density at radius 2 is 2.25 bits per heavy atom. The van der Waals surface area contributed by atoms with Crippen LogP contribution >= 0.6 is 0 Å². The second kappa shape index (κ2) is 4.96. The first-order valence-electron chi connectivity index (χ1n) is 5.25. The van der Waals surface area contributed by atoms with Crippen molar-refractivity contribution in [1.82, 2.24) is 0 Å². The predicted molar refractivity (Wildman–Crippen MR) is 58.1 cm³/mol. The van der Waals surface area contributed by atoms with Crippen molar-refractivity contribution in [2.24, 2.45) is 0 Å². The fraction of sp³-hybridized carbons (Fsp3) is 0.333.